The molecule has 1 aromatic rings. The van der Waals surface area contributed by atoms with Gasteiger partial charge < -0.3 is 5.32 Å². The van der Waals surface area contributed by atoms with Crippen LogP contribution in [0.15, 0.2) is 24.3 Å². The molecule has 0 fully saturated rings. The highest BCUT2D eigenvalue weighted by molar-refractivity contribution is 5.97. The predicted octanol–water partition coefficient (Wildman–Crippen LogP) is 1.78. The number of nitro benzene ring substituents is 1. The zero-order chi connectivity index (χ0) is 12.1. The number of hydrogen-bond donors (Lipinski definition) is 1. The number of Topliss-reactive ketones (excluding diaryl/α,β-unsaturated/α-hetero) is 1. The third-order valence-electron chi connectivity index (χ3n) is 2.07. The van der Waals surface area contributed by atoms with Crippen LogP contribution in [0.1, 0.15) is 24.2 Å². The van der Waals surface area contributed by atoms with Gasteiger partial charge in [-0.05, 0) is 12.1 Å². The fourth-order valence-electron chi connectivity index (χ4n) is 1.17. The molecule has 0 aliphatic carbocycles. The maximum absolute atomic E-state index is 11.6. The molecule has 0 atom stereocenters. The number of carbonyl (C=O) groups excluding carboxylic acids is 1. The van der Waals surface area contributed by atoms with Gasteiger partial charge in [0.25, 0.3) is 5.69 Å². The second-order valence-electron chi connectivity index (χ2n) is 3.76. The molecule has 1 aromatic carbocycles. The molecular weight excluding hydrogens is 208 g/mol. The van der Waals surface area contributed by atoms with Crippen molar-refractivity contribution in [1.82, 2.24) is 5.32 Å². The van der Waals surface area contributed by atoms with E-state index in [4.69, 9.17) is 0 Å². The van der Waals surface area contributed by atoms with Crippen LogP contribution in [0.5, 0.6) is 0 Å². The van der Waals surface area contributed by atoms with Crippen LogP contribution >= 0.6 is 0 Å². The second-order valence-corrected chi connectivity index (χ2v) is 3.76. The molecule has 0 bridgehead atoms. The third kappa shape index (κ3) is 3.43. The summed E-state index contributed by atoms with van der Waals surface area (Å²) >= 11 is 0. The first-order valence-electron chi connectivity index (χ1n) is 5.01. The number of hydrogen-bond acceptors (Lipinski definition) is 4. The van der Waals surface area contributed by atoms with Crippen molar-refractivity contribution in [3.8, 4) is 0 Å². The molecule has 86 valence electrons. The van der Waals surface area contributed by atoms with Crippen LogP contribution in [0.4, 0.5) is 5.69 Å². The summed E-state index contributed by atoms with van der Waals surface area (Å²) in [5, 5.41) is 13.4. The number of carbonyl (C=O) groups is 1. The fraction of sp³-hybridized carbons (Fsp3) is 0.364. The Morgan fingerprint density at radius 2 is 1.94 bits per heavy atom. The van der Waals surface area contributed by atoms with E-state index in [1.54, 1.807) is 0 Å². The summed E-state index contributed by atoms with van der Waals surface area (Å²) in [6, 6.07) is 5.86. The molecule has 0 spiro atoms. The van der Waals surface area contributed by atoms with Crippen LogP contribution in [0.3, 0.4) is 0 Å². The molecule has 0 radical (unpaired) electrons. The molecule has 0 aromatic heterocycles. The Balaban J connectivity index is 2.67. The van der Waals surface area contributed by atoms with E-state index < -0.39 is 4.92 Å². The monoisotopic (exact) mass is 222 g/mol. The van der Waals surface area contributed by atoms with Crippen LogP contribution in [-0.2, 0) is 0 Å². The fourth-order valence-corrected chi connectivity index (χ4v) is 1.17. The minimum atomic E-state index is -0.485. The van der Waals surface area contributed by atoms with Crippen LogP contribution in [0.2, 0.25) is 0 Å². The summed E-state index contributed by atoms with van der Waals surface area (Å²) < 4.78 is 0. The zero-order valence-corrected chi connectivity index (χ0v) is 9.27. The minimum Gasteiger partial charge on any atom is -0.307 e. The Kier molecular flexibility index (Phi) is 4.13. The van der Waals surface area contributed by atoms with Crippen molar-refractivity contribution in [3.63, 3.8) is 0 Å². The molecule has 5 heteroatoms. The summed E-state index contributed by atoms with van der Waals surface area (Å²) in [5.41, 5.74) is 0.479. The van der Waals surface area contributed by atoms with Crippen molar-refractivity contribution < 1.29 is 9.72 Å². The molecule has 1 N–H and O–H groups in total. The maximum atomic E-state index is 11.6. The number of nitrogens with zero attached hydrogens (tertiary/aromatic N) is 1. The van der Waals surface area contributed by atoms with Gasteiger partial charge in [0.2, 0.25) is 0 Å². The first-order valence-corrected chi connectivity index (χ1v) is 5.01. The standard InChI is InChI=1S/C11H14N2O3/c1-8(2)12-7-11(14)9-3-5-10(6-4-9)13(15)16/h3-6,8,12H,7H2,1-2H3. The van der Waals surface area contributed by atoms with E-state index in [1.165, 1.54) is 24.3 Å². The summed E-state index contributed by atoms with van der Waals surface area (Å²) in [6.45, 7) is 4.14. The van der Waals surface area contributed by atoms with Crippen LogP contribution in [0.25, 0.3) is 0 Å². The van der Waals surface area contributed by atoms with E-state index in [-0.39, 0.29) is 24.1 Å². The quantitative estimate of drug-likeness (QED) is 0.468. The molecule has 0 unspecified atom stereocenters. The topological polar surface area (TPSA) is 72.2 Å². The second kappa shape index (κ2) is 5.37. The van der Waals surface area contributed by atoms with Crippen molar-refractivity contribution in [2.24, 2.45) is 0 Å². The lowest BCUT2D eigenvalue weighted by Crippen LogP contribution is -2.29. The number of non-ortho nitro benzene ring substituents is 1. The highest BCUT2D eigenvalue weighted by Gasteiger charge is 2.09. The van der Waals surface area contributed by atoms with Crippen molar-refractivity contribution in [2.75, 3.05) is 6.54 Å². The van der Waals surface area contributed by atoms with Crippen molar-refractivity contribution in [2.45, 2.75) is 19.9 Å². The van der Waals surface area contributed by atoms with Crippen LogP contribution in [0, 0.1) is 10.1 Å². The molecule has 16 heavy (non-hydrogen) atoms. The van der Waals surface area contributed by atoms with Gasteiger partial charge in [-0.2, -0.15) is 0 Å². The predicted molar refractivity (Wildman–Crippen MR) is 60.6 cm³/mol. The van der Waals surface area contributed by atoms with Gasteiger partial charge in [0.15, 0.2) is 5.78 Å². The lowest BCUT2D eigenvalue weighted by atomic mass is 10.1. The van der Waals surface area contributed by atoms with Crippen LogP contribution in [-0.4, -0.2) is 23.3 Å². The van der Waals surface area contributed by atoms with E-state index in [1.807, 2.05) is 13.8 Å². The molecule has 0 saturated heterocycles. The lowest BCUT2D eigenvalue weighted by Gasteiger charge is -2.06. The van der Waals surface area contributed by atoms with Gasteiger partial charge in [-0.25, -0.2) is 0 Å². The average Bonchev–Trinajstić information content (AvgIpc) is 2.26. The van der Waals surface area contributed by atoms with Gasteiger partial charge in [-0.1, -0.05) is 13.8 Å². The van der Waals surface area contributed by atoms with Crippen molar-refractivity contribution >= 4 is 11.5 Å². The van der Waals surface area contributed by atoms with Gasteiger partial charge in [0.05, 0.1) is 11.5 Å². The Bertz CT molecular complexity index is 385. The Morgan fingerprint density at radius 3 is 2.38 bits per heavy atom. The number of nitro groups is 1. The largest absolute Gasteiger partial charge is 0.307 e. The number of ketones is 1. The van der Waals surface area contributed by atoms with E-state index >= 15 is 0 Å². The maximum Gasteiger partial charge on any atom is 0.269 e. The van der Waals surface area contributed by atoms with E-state index in [9.17, 15) is 14.9 Å². The zero-order valence-electron chi connectivity index (χ0n) is 9.27. The van der Waals surface area contributed by atoms with Crippen molar-refractivity contribution in [3.05, 3.63) is 39.9 Å². The summed E-state index contributed by atoms with van der Waals surface area (Å²) in [7, 11) is 0. The van der Waals surface area contributed by atoms with Gasteiger partial charge in [-0.15, -0.1) is 0 Å². The summed E-state index contributed by atoms with van der Waals surface area (Å²) in [5.74, 6) is -0.0661. The van der Waals surface area contributed by atoms with E-state index in [0.717, 1.165) is 0 Å². The van der Waals surface area contributed by atoms with E-state index in [2.05, 4.69) is 5.32 Å². The first-order chi connectivity index (χ1) is 7.50. The van der Waals surface area contributed by atoms with E-state index in [0.29, 0.717) is 5.56 Å². The lowest BCUT2D eigenvalue weighted by molar-refractivity contribution is -0.384. The molecule has 0 aliphatic heterocycles. The smallest absolute Gasteiger partial charge is 0.269 e. The van der Waals surface area contributed by atoms with Crippen molar-refractivity contribution in [1.29, 1.82) is 0 Å². The molecule has 0 amide bonds. The molecular formula is C11H14N2O3. The Morgan fingerprint density at radius 1 is 1.38 bits per heavy atom. The molecule has 5 nitrogen and oxygen atoms in total. The van der Waals surface area contributed by atoms with Crippen LogP contribution < -0.4 is 5.32 Å². The SMILES string of the molecule is CC(C)NCC(=O)c1ccc([N+](=O)[O-])cc1. The van der Waals surface area contributed by atoms with Gasteiger partial charge in [0.1, 0.15) is 0 Å². The average molecular weight is 222 g/mol. The minimum absolute atomic E-state index is 0.00614. The normalized spacial score (nSPS) is 10.4. The highest BCUT2D eigenvalue weighted by atomic mass is 16.6. The summed E-state index contributed by atoms with van der Waals surface area (Å²) in [4.78, 5) is 21.5. The number of rotatable bonds is 5. The van der Waals surface area contributed by atoms with Gasteiger partial charge in [0, 0.05) is 23.7 Å². The Hall–Kier alpha value is -1.75. The highest BCUT2D eigenvalue weighted by Crippen LogP contribution is 2.12. The van der Waals surface area contributed by atoms with Gasteiger partial charge in [-0.3, -0.25) is 14.9 Å². The summed E-state index contributed by atoms with van der Waals surface area (Å²) in [6.07, 6.45) is 0. The third-order valence-corrected chi connectivity index (χ3v) is 2.07. The van der Waals surface area contributed by atoms with Gasteiger partial charge >= 0.3 is 0 Å². The molecule has 0 aliphatic rings. The first kappa shape index (κ1) is 12.3. The Labute approximate surface area is 93.6 Å². The molecule has 1 rings (SSSR count). The number of nitrogens with one attached hydrogen (secondary N) is 1. The number of benzene rings is 1. The molecule has 0 heterocycles. The molecule has 0 saturated carbocycles.